The molecule has 0 saturated heterocycles. The van der Waals surface area contributed by atoms with E-state index in [1.807, 2.05) is 0 Å². The van der Waals surface area contributed by atoms with Gasteiger partial charge in [0.1, 0.15) is 12.9 Å². The van der Waals surface area contributed by atoms with Gasteiger partial charge in [0, 0.05) is 6.20 Å². The number of benzene rings is 1. The molecule has 0 spiro atoms. The summed E-state index contributed by atoms with van der Waals surface area (Å²) in [4.78, 5) is 31.4. The number of fused-ring (bicyclic) bond motifs is 1. The molecule has 1 aromatic carbocycles. The van der Waals surface area contributed by atoms with Crippen molar-refractivity contribution in [3.63, 3.8) is 0 Å². The van der Waals surface area contributed by atoms with E-state index in [1.165, 1.54) is 36.3 Å². The Hall–Kier alpha value is -3.95. The van der Waals surface area contributed by atoms with Gasteiger partial charge in [-0.2, -0.15) is 0 Å². The number of carboxylic acid groups (broad SMARTS) is 2. The lowest BCUT2D eigenvalue weighted by atomic mass is 10.1. The minimum Gasteiger partial charge on any atom is -0.505 e. The predicted octanol–water partition coefficient (Wildman–Crippen LogP) is 1.81. The molecule has 2 heterocycles. The van der Waals surface area contributed by atoms with Crippen molar-refractivity contribution in [2.45, 2.75) is 6.92 Å². The van der Waals surface area contributed by atoms with Crippen LogP contribution in [-0.4, -0.2) is 55.3 Å². The molecule has 3 aromatic rings. The van der Waals surface area contributed by atoms with Crippen LogP contribution in [0.1, 0.15) is 32.0 Å². The average molecular weight is 370 g/mol. The number of carboxylic acids is 2. The number of oxime groups is 1. The third-order valence-electron chi connectivity index (χ3n) is 3.82. The molecule has 0 aliphatic carbocycles. The minimum atomic E-state index is -1.27. The Labute approximate surface area is 151 Å². The molecule has 3 N–H and O–H groups in total. The summed E-state index contributed by atoms with van der Waals surface area (Å²) in [6.45, 7) is 1.59. The van der Waals surface area contributed by atoms with E-state index in [1.54, 1.807) is 6.92 Å². The van der Waals surface area contributed by atoms with E-state index in [0.29, 0.717) is 16.6 Å². The average Bonchev–Trinajstić information content (AvgIpc) is 3.05. The Morgan fingerprint density at radius 2 is 1.81 bits per heavy atom. The molecule has 3 rings (SSSR count). The second kappa shape index (κ2) is 6.75. The Balaban J connectivity index is 2.25. The number of aryl methyl sites for hydroxylation is 1. The largest absolute Gasteiger partial charge is 0.505 e. The maximum absolute atomic E-state index is 11.3. The smallest absolute Gasteiger partial charge is 0.335 e. The number of aromatic carboxylic acids is 2. The summed E-state index contributed by atoms with van der Waals surface area (Å²) in [7, 11) is 1.35. The topological polar surface area (TPSA) is 147 Å². The van der Waals surface area contributed by atoms with Crippen LogP contribution >= 0.6 is 0 Å². The van der Waals surface area contributed by atoms with Crippen molar-refractivity contribution in [3.05, 3.63) is 46.8 Å². The van der Waals surface area contributed by atoms with E-state index < -0.39 is 11.9 Å². The van der Waals surface area contributed by atoms with Crippen LogP contribution in [0.2, 0.25) is 0 Å². The summed E-state index contributed by atoms with van der Waals surface area (Å²) in [5.41, 5.74) is 0.724. The van der Waals surface area contributed by atoms with Crippen molar-refractivity contribution < 1.29 is 29.7 Å². The van der Waals surface area contributed by atoms with Gasteiger partial charge < -0.3 is 20.2 Å². The van der Waals surface area contributed by atoms with Gasteiger partial charge in [-0.25, -0.2) is 19.3 Å². The quantitative estimate of drug-likeness (QED) is 0.455. The fourth-order valence-corrected chi connectivity index (χ4v) is 2.53. The van der Waals surface area contributed by atoms with Crippen molar-refractivity contribution in [1.82, 2.24) is 14.8 Å². The lowest BCUT2D eigenvalue weighted by molar-refractivity contribution is 0.0696. The Morgan fingerprint density at radius 3 is 2.37 bits per heavy atom. The lowest BCUT2D eigenvalue weighted by Gasteiger charge is -2.05. The number of rotatable bonds is 5. The number of pyridine rings is 1. The highest BCUT2D eigenvalue weighted by molar-refractivity contribution is 6.00. The summed E-state index contributed by atoms with van der Waals surface area (Å²) in [5, 5.41) is 37.0. The fraction of sp³-hybridized carbons (Fsp3) is 0.118. The van der Waals surface area contributed by atoms with Gasteiger partial charge in [-0.1, -0.05) is 5.16 Å². The standard InChI is InChI=1S/C17H14N4O6/c1-8-14(22)12(6-18-27-2)13-7-21(20-15(13)19-8)11-4-9(16(23)24)3-10(5-11)17(25)26/h3-7,22H,1-2H3,(H,23,24)(H,25,26). The van der Waals surface area contributed by atoms with Crippen molar-refractivity contribution in [2.24, 2.45) is 5.16 Å². The SMILES string of the molecule is CON=Cc1c(O)c(C)nc2nn(-c3cc(C(=O)O)cc(C(=O)O)c3)cc12. The molecular weight excluding hydrogens is 356 g/mol. The summed E-state index contributed by atoms with van der Waals surface area (Å²) >= 11 is 0. The number of aromatic hydroxyl groups is 1. The van der Waals surface area contributed by atoms with Crippen LogP contribution < -0.4 is 0 Å². The molecule has 0 fully saturated rings. The van der Waals surface area contributed by atoms with Crippen LogP contribution in [0.5, 0.6) is 5.75 Å². The molecular formula is C17H14N4O6. The third-order valence-corrected chi connectivity index (χ3v) is 3.82. The van der Waals surface area contributed by atoms with Crippen LogP contribution in [0.4, 0.5) is 0 Å². The normalized spacial score (nSPS) is 11.2. The summed E-state index contributed by atoms with van der Waals surface area (Å²) in [5.74, 6) is -2.64. The van der Waals surface area contributed by atoms with Crippen LogP contribution in [0.15, 0.2) is 29.6 Å². The van der Waals surface area contributed by atoms with Gasteiger partial charge in [0.25, 0.3) is 0 Å². The molecule has 0 aliphatic heterocycles. The molecule has 10 nitrogen and oxygen atoms in total. The molecule has 27 heavy (non-hydrogen) atoms. The first-order valence-electron chi connectivity index (χ1n) is 7.59. The van der Waals surface area contributed by atoms with Crippen LogP contribution in [0, 0.1) is 6.92 Å². The van der Waals surface area contributed by atoms with Crippen molar-refractivity contribution in [2.75, 3.05) is 7.11 Å². The number of nitrogens with zero attached hydrogens (tertiary/aromatic N) is 4. The summed E-state index contributed by atoms with van der Waals surface area (Å²) < 4.78 is 1.29. The molecule has 0 aliphatic rings. The predicted molar refractivity (Wildman–Crippen MR) is 93.8 cm³/mol. The molecule has 0 atom stereocenters. The molecule has 0 radical (unpaired) electrons. The van der Waals surface area contributed by atoms with E-state index in [2.05, 4.69) is 20.1 Å². The van der Waals surface area contributed by atoms with E-state index in [0.717, 1.165) is 6.07 Å². The minimum absolute atomic E-state index is 0.103. The lowest BCUT2D eigenvalue weighted by Crippen LogP contribution is -2.06. The van der Waals surface area contributed by atoms with Crippen LogP contribution in [-0.2, 0) is 4.84 Å². The van der Waals surface area contributed by atoms with E-state index >= 15 is 0 Å². The molecule has 2 aromatic heterocycles. The first kappa shape index (κ1) is 17.9. The van der Waals surface area contributed by atoms with E-state index in [-0.39, 0.29) is 28.2 Å². The van der Waals surface area contributed by atoms with Gasteiger partial charge in [0.05, 0.1) is 39.7 Å². The zero-order chi connectivity index (χ0) is 19.7. The van der Waals surface area contributed by atoms with E-state index in [4.69, 9.17) is 0 Å². The zero-order valence-corrected chi connectivity index (χ0v) is 14.2. The van der Waals surface area contributed by atoms with Crippen molar-refractivity contribution in [1.29, 1.82) is 0 Å². The number of carbonyl (C=O) groups is 2. The molecule has 0 amide bonds. The molecule has 0 saturated carbocycles. The first-order valence-corrected chi connectivity index (χ1v) is 7.59. The fourth-order valence-electron chi connectivity index (χ4n) is 2.53. The van der Waals surface area contributed by atoms with Crippen LogP contribution in [0.25, 0.3) is 16.7 Å². The third kappa shape index (κ3) is 3.27. The number of hydrogen-bond donors (Lipinski definition) is 3. The maximum atomic E-state index is 11.3. The van der Waals surface area contributed by atoms with Gasteiger partial charge in [-0.3, -0.25) is 0 Å². The van der Waals surface area contributed by atoms with Gasteiger partial charge in [-0.15, -0.1) is 5.10 Å². The molecule has 138 valence electrons. The Morgan fingerprint density at radius 1 is 1.19 bits per heavy atom. The van der Waals surface area contributed by atoms with Gasteiger partial charge in [0.2, 0.25) is 0 Å². The highest BCUT2D eigenvalue weighted by Crippen LogP contribution is 2.28. The Kier molecular flexibility index (Phi) is 4.46. The summed E-state index contributed by atoms with van der Waals surface area (Å²) in [6.07, 6.45) is 2.79. The van der Waals surface area contributed by atoms with Crippen molar-refractivity contribution >= 4 is 29.2 Å². The molecule has 0 bridgehead atoms. The second-order valence-electron chi connectivity index (χ2n) is 5.57. The monoisotopic (exact) mass is 370 g/mol. The van der Waals surface area contributed by atoms with Gasteiger partial charge in [0.15, 0.2) is 5.65 Å². The molecule has 10 heteroatoms. The second-order valence-corrected chi connectivity index (χ2v) is 5.57. The number of hydrogen-bond acceptors (Lipinski definition) is 7. The van der Waals surface area contributed by atoms with Gasteiger partial charge in [-0.05, 0) is 25.1 Å². The Bertz CT molecular complexity index is 1070. The number of aromatic nitrogens is 3. The van der Waals surface area contributed by atoms with E-state index in [9.17, 15) is 24.9 Å². The van der Waals surface area contributed by atoms with Crippen LogP contribution in [0.3, 0.4) is 0 Å². The summed E-state index contributed by atoms with van der Waals surface area (Å²) in [6, 6.07) is 3.63. The van der Waals surface area contributed by atoms with Crippen molar-refractivity contribution in [3.8, 4) is 11.4 Å². The highest BCUT2D eigenvalue weighted by Gasteiger charge is 2.17. The first-order chi connectivity index (χ1) is 12.8. The molecule has 0 unspecified atom stereocenters. The maximum Gasteiger partial charge on any atom is 0.335 e. The van der Waals surface area contributed by atoms with Gasteiger partial charge >= 0.3 is 11.9 Å². The highest BCUT2D eigenvalue weighted by atomic mass is 16.6. The zero-order valence-electron chi connectivity index (χ0n) is 14.2.